The third kappa shape index (κ3) is 7.03. The van der Waals surface area contributed by atoms with Crippen LogP contribution in [0.3, 0.4) is 0 Å². The first-order valence-corrected chi connectivity index (χ1v) is 16.1. The zero-order valence-corrected chi connectivity index (χ0v) is 25.6. The van der Waals surface area contributed by atoms with E-state index in [1.54, 1.807) is 0 Å². The minimum absolute atomic E-state index is 0.00283. The molecule has 1 saturated carbocycles. The molecule has 1 fully saturated rings. The van der Waals surface area contributed by atoms with E-state index in [2.05, 4.69) is 34.2 Å². The predicted octanol–water partition coefficient (Wildman–Crippen LogP) is 7.46. The molecule has 0 spiro atoms. The van der Waals surface area contributed by atoms with Gasteiger partial charge in [-0.1, -0.05) is 98.3 Å². The lowest BCUT2D eigenvalue weighted by atomic mass is 9.96. The first kappa shape index (κ1) is 30.0. The van der Waals surface area contributed by atoms with Crippen molar-refractivity contribution in [3.05, 3.63) is 127 Å². The molecule has 44 heavy (non-hydrogen) atoms. The van der Waals surface area contributed by atoms with E-state index in [0.717, 1.165) is 75.3 Å². The van der Waals surface area contributed by atoms with Crippen molar-refractivity contribution in [3.63, 3.8) is 0 Å². The molecule has 1 unspecified atom stereocenters. The molecule has 0 bridgehead atoms. The zero-order chi connectivity index (χ0) is 30.3. The van der Waals surface area contributed by atoms with E-state index in [0.29, 0.717) is 19.8 Å². The summed E-state index contributed by atoms with van der Waals surface area (Å²) in [5, 5.41) is 3.57. The number of hydrogen-bond donors (Lipinski definition) is 2. The molecule has 6 heteroatoms. The topological polar surface area (TPSA) is 84.2 Å². The second-order valence-corrected chi connectivity index (χ2v) is 12.1. The van der Waals surface area contributed by atoms with Crippen molar-refractivity contribution in [2.45, 2.75) is 84.0 Å². The highest BCUT2D eigenvalue weighted by Crippen LogP contribution is 2.27. The smallest absolute Gasteiger partial charge is 0.256 e. The van der Waals surface area contributed by atoms with Crippen LogP contribution in [0.1, 0.15) is 72.2 Å². The summed E-state index contributed by atoms with van der Waals surface area (Å²) >= 11 is 0. The number of rotatable bonds is 3. The largest absolute Gasteiger partial charge is 0.376 e. The normalized spacial score (nSPS) is 17.2. The van der Waals surface area contributed by atoms with Crippen molar-refractivity contribution in [1.29, 1.82) is 0 Å². The highest BCUT2D eigenvalue weighted by Gasteiger charge is 2.22. The lowest BCUT2D eigenvalue weighted by molar-refractivity contribution is 0.0229. The molecule has 5 aromatic rings. The van der Waals surface area contributed by atoms with Crippen molar-refractivity contribution in [3.8, 4) is 0 Å². The van der Waals surface area contributed by atoms with Gasteiger partial charge in [-0.3, -0.25) is 9.59 Å². The number of aryl methyl sites for hydroxylation is 2. The lowest BCUT2D eigenvalue weighted by Gasteiger charge is -2.26. The second-order valence-electron chi connectivity index (χ2n) is 12.1. The average Bonchev–Trinajstić information content (AvgIpc) is 3.66. The number of hydrogen-bond acceptors (Lipinski definition) is 4. The predicted molar refractivity (Wildman–Crippen MR) is 177 cm³/mol. The Balaban J connectivity index is 0.000000141. The van der Waals surface area contributed by atoms with Gasteiger partial charge in [-0.05, 0) is 48.2 Å². The third-order valence-electron chi connectivity index (χ3n) is 8.98. The summed E-state index contributed by atoms with van der Waals surface area (Å²) in [4.78, 5) is 30.2. The summed E-state index contributed by atoms with van der Waals surface area (Å²) in [6.07, 6.45) is 11.2. The summed E-state index contributed by atoms with van der Waals surface area (Å²) in [5.74, 6) is 0. The molecular weight excluding hydrogens is 548 g/mol. The summed E-state index contributed by atoms with van der Waals surface area (Å²) in [5.41, 5.74) is 6.80. The van der Waals surface area contributed by atoms with Crippen molar-refractivity contribution >= 4 is 21.5 Å². The molecule has 3 aliphatic rings. The van der Waals surface area contributed by atoms with Crippen molar-refractivity contribution < 1.29 is 9.47 Å². The van der Waals surface area contributed by atoms with Crippen LogP contribution in [0.15, 0.2) is 82.4 Å². The van der Waals surface area contributed by atoms with Crippen LogP contribution in [-0.4, -0.2) is 22.7 Å². The number of aromatic amines is 2. The van der Waals surface area contributed by atoms with Crippen LogP contribution < -0.4 is 11.1 Å². The Hall–Kier alpha value is -4.00. The fraction of sp³-hybridized carbons (Fsp3) is 0.368. The Morgan fingerprint density at radius 3 is 2.11 bits per heavy atom. The van der Waals surface area contributed by atoms with Crippen LogP contribution in [0.2, 0.25) is 0 Å². The summed E-state index contributed by atoms with van der Waals surface area (Å²) < 4.78 is 11.5. The molecule has 3 aromatic carbocycles. The van der Waals surface area contributed by atoms with Crippen LogP contribution in [-0.2, 0) is 41.9 Å². The van der Waals surface area contributed by atoms with Gasteiger partial charge < -0.3 is 19.4 Å². The fourth-order valence-corrected chi connectivity index (χ4v) is 6.53. The first-order chi connectivity index (χ1) is 21.6. The number of pyridine rings is 2. The number of ether oxygens (including phenoxy) is 2. The molecule has 0 saturated heterocycles. The molecule has 2 aromatic heterocycles. The van der Waals surface area contributed by atoms with Gasteiger partial charge in [0.1, 0.15) is 0 Å². The third-order valence-corrected chi connectivity index (χ3v) is 8.98. The number of benzene rings is 3. The summed E-state index contributed by atoms with van der Waals surface area (Å²) in [7, 11) is 0. The maximum atomic E-state index is 12.2. The molecule has 2 N–H and O–H groups in total. The van der Waals surface area contributed by atoms with E-state index >= 15 is 0 Å². The van der Waals surface area contributed by atoms with Crippen LogP contribution >= 0.6 is 0 Å². The van der Waals surface area contributed by atoms with E-state index in [1.165, 1.54) is 37.7 Å². The maximum Gasteiger partial charge on any atom is 0.256 e. The Morgan fingerprint density at radius 1 is 0.705 bits per heavy atom. The molecule has 2 aliphatic heterocycles. The van der Waals surface area contributed by atoms with Gasteiger partial charge in [-0.25, -0.2) is 0 Å². The molecule has 8 rings (SSSR count). The van der Waals surface area contributed by atoms with Gasteiger partial charge in [0.05, 0.1) is 25.9 Å². The minimum Gasteiger partial charge on any atom is -0.376 e. The van der Waals surface area contributed by atoms with Crippen LogP contribution in [0.4, 0.5) is 0 Å². The summed E-state index contributed by atoms with van der Waals surface area (Å²) in [6, 6.07) is 24.2. The zero-order valence-electron chi connectivity index (χ0n) is 25.6. The average molecular weight is 591 g/mol. The van der Waals surface area contributed by atoms with Gasteiger partial charge in [0.15, 0.2) is 0 Å². The molecule has 0 amide bonds. The monoisotopic (exact) mass is 590 g/mol. The van der Waals surface area contributed by atoms with Crippen LogP contribution in [0.25, 0.3) is 21.5 Å². The van der Waals surface area contributed by atoms with Crippen molar-refractivity contribution in [2.75, 3.05) is 6.61 Å². The molecule has 1 atom stereocenters. The summed E-state index contributed by atoms with van der Waals surface area (Å²) in [6.45, 7) is 3.87. The highest BCUT2D eigenvalue weighted by atomic mass is 16.5. The standard InChI is InChI=1S/C20H19NO2.C13H13NO2.C5H10/c22-20-17-9-5-4-8-16(17)18-13-23-15(12-19(18)21-20)11-10-14-6-2-1-3-7-14;1-8-2-3-9-10(6-8)13(15)14-12-4-5-16-7-11(9)12;1-2-4-5-3-1/h1-9,15H,10-13H2,(H,21,22);2-3,6H,4-5,7H2,1H3,(H,14,15);1-5H2. The van der Waals surface area contributed by atoms with E-state index in [9.17, 15) is 9.59 Å². The van der Waals surface area contributed by atoms with Gasteiger partial charge >= 0.3 is 0 Å². The Morgan fingerprint density at radius 2 is 1.34 bits per heavy atom. The lowest BCUT2D eigenvalue weighted by Crippen LogP contribution is -2.27. The molecule has 228 valence electrons. The minimum atomic E-state index is 0.00283. The second kappa shape index (κ2) is 14.2. The quantitative estimate of drug-likeness (QED) is 0.228. The highest BCUT2D eigenvalue weighted by molar-refractivity contribution is 5.86. The Kier molecular flexibility index (Phi) is 9.69. The van der Waals surface area contributed by atoms with E-state index < -0.39 is 0 Å². The number of nitrogens with one attached hydrogen (secondary N) is 2. The van der Waals surface area contributed by atoms with Crippen LogP contribution in [0.5, 0.6) is 0 Å². The molecule has 4 heterocycles. The maximum absolute atomic E-state index is 12.2. The van der Waals surface area contributed by atoms with Crippen molar-refractivity contribution in [1.82, 2.24) is 9.97 Å². The van der Waals surface area contributed by atoms with Gasteiger partial charge in [-0.2, -0.15) is 0 Å². The number of H-pyrrole nitrogens is 2. The Labute approximate surface area is 258 Å². The van der Waals surface area contributed by atoms with Gasteiger partial charge in [-0.15, -0.1) is 0 Å². The van der Waals surface area contributed by atoms with E-state index in [-0.39, 0.29) is 17.2 Å². The number of fused-ring (bicyclic) bond motifs is 6. The van der Waals surface area contributed by atoms with Gasteiger partial charge in [0, 0.05) is 46.1 Å². The SMILES string of the molecule is C1CCCC1.Cc1ccc2c3c([nH]c(=O)c2c1)CCOC3.O=c1[nH]c2c(c3ccccc13)COC(CCc1ccccc1)C2. The molecule has 1 aliphatic carbocycles. The van der Waals surface area contributed by atoms with Gasteiger partial charge in [0.25, 0.3) is 11.1 Å². The number of aromatic nitrogens is 2. The molecule has 6 nitrogen and oxygen atoms in total. The first-order valence-electron chi connectivity index (χ1n) is 16.1. The Bertz CT molecular complexity index is 1830. The molecular formula is C38H42N2O4. The van der Waals surface area contributed by atoms with Gasteiger partial charge in [0.2, 0.25) is 0 Å². The fourth-order valence-electron chi connectivity index (χ4n) is 6.53. The van der Waals surface area contributed by atoms with E-state index in [4.69, 9.17) is 9.47 Å². The van der Waals surface area contributed by atoms with Crippen molar-refractivity contribution in [2.24, 2.45) is 0 Å². The molecule has 0 radical (unpaired) electrons. The van der Waals surface area contributed by atoms with Crippen LogP contribution in [0, 0.1) is 6.92 Å². The van der Waals surface area contributed by atoms with E-state index in [1.807, 2.05) is 55.5 Å².